The van der Waals surface area contributed by atoms with Gasteiger partial charge in [-0.15, -0.1) is 0 Å². The van der Waals surface area contributed by atoms with E-state index >= 15 is 0 Å². The number of aromatic amines is 1. The van der Waals surface area contributed by atoms with E-state index < -0.39 is 5.56 Å². The Bertz CT molecular complexity index is 1200. The molecular weight excluding hydrogens is 330 g/mol. The van der Waals surface area contributed by atoms with Gasteiger partial charge in [0, 0.05) is 10.9 Å². The molecule has 0 bridgehead atoms. The summed E-state index contributed by atoms with van der Waals surface area (Å²) in [5, 5.41) is 15.2. The SMILES string of the molecule is Cc1ccc(C)c(-c2noc(-c3c(O)c4cc(C)ccc4[nH]c3=O)n2)c1. The molecule has 2 N–H and O–H groups in total. The Balaban J connectivity index is 1.91. The summed E-state index contributed by atoms with van der Waals surface area (Å²) in [6, 6.07) is 11.4. The monoisotopic (exact) mass is 347 g/mol. The number of nitrogens with one attached hydrogen (secondary N) is 1. The number of rotatable bonds is 2. The molecular formula is C20H17N3O3. The first-order valence-electron chi connectivity index (χ1n) is 8.21. The number of H-pyrrole nitrogens is 1. The van der Waals surface area contributed by atoms with Gasteiger partial charge in [0.25, 0.3) is 11.4 Å². The van der Waals surface area contributed by atoms with Crippen molar-refractivity contribution < 1.29 is 9.63 Å². The van der Waals surface area contributed by atoms with Crippen LogP contribution < -0.4 is 5.56 Å². The van der Waals surface area contributed by atoms with E-state index in [0.717, 1.165) is 22.3 Å². The third kappa shape index (κ3) is 2.56. The molecule has 0 aliphatic rings. The largest absolute Gasteiger partial charge is 0.506 e. The van der Waals surface area contributed by atoms with Crippen molar-refractivity contribution in [2.24, 2.45) is 0 Å². The van der Waals surface area contributed by atoms with Crippen molar-refractivity contribution in [1.82, 2.24) is 15.1 Å². The zero-order chi connectivity index (χ0) is 18.4. The lowest BCUT2D eigenvalue weighted by atomic mass is 10.1. The Morgan fingerprint density at radius 3 is 2.58 bits per heavy atom. The van der Waals surface area contributed by atoms with Crippen LogP contribution in [0.15, 0.2) is 45.7 Å². The van der Waals surface area contributed by atoms with Crippen LogP contribution in [-0.2, 0) is 0 Å². The maximum absolute atomic E-state index is 12.5. The van der Waals surface area contributed by atoms with Gasteiger partial charge in [0.05, 0.1) is 5.52 Å². The van der Waals surface area contributed by atoms with Crippen molar-refractivity contribution in [1.29, 1.82) is 0 Å². The minimum atomic E-state index is -0.477. The Labute approximate surface area is 149 Å². The van der Waals surface area contributed by atoms with Gasteiger partial charge >= 0.3 is 0 Å². The highest BCUT2D eigenvalue weighted by atomic mass is 16.5. The Hall–Kier alpha value is -3.41. The van der Waals surface area contributed by atoms with Gasteiger partial charge in [-0.2, -0.15) is 4.98 Å². The number of pyridine rings is 1. The van der Waals surface area contributed by atoms with E-state index in [-0.39, 0.29) is 17.2 Å². The molecule has 0 radical (unpaired) electrons. The first-order valence-corrected chi connectivity index (χ1v) is 8.21. The number of hydrogen-bond donors (Lipinski definition) is 2. The highest BCUT2D eigenvalue weighted by Gasteiger charge is 2.21. The van der Waals surface area contributed by atoms with Crippen LogP contribution in [0.1, 0.15) is 16.7 Å². The summed E-state index contributed by atoms with van der Waals surface area (Å²) in [4.78, 5) is 19.6. The van der Waals surface area contributed by atoms with Gasteiger partial charge in [0.2, 0.25) is 5.82 Å². The number of benzene rings is 2. The van der Waals surface area contributed by atoms with E-state index in [2.05, 4.69) is 15.1 Å². The van der Waals surface area contributed by atoms with Gasteiger partial charge in [-0.3, -0.25) is 4.79 Å². The van der Waals surface area contributed by atoms with Crippen molar-refractivity contribution in [3.05, 3.63) is 63.4 Å². The zero-order valence-corrected chi connectivity index (χ0v) is 14.6. The molecule has 0 saturated carbocycles. The number of aromatic hydroxyl groups is 1. The smallest absolute Gasteiger partial charge is 0.267 e. The predicted octanol–water partition coefficient (Wildman–Crippen LogP) is 3.88. The number of aryl methyl sites for hydroxylation is 3. The van der Waals surface area contributed by atoms with E-state index in [4.69, 9.17) is 4.52 Å². The highest BCUT2D eigenvalue weighted by Crippen LogP contribution is 2.33. The molecule has 130 valence electrons. The summed E-state index contributed by atoms with van der Waals surface area (Å²) < 4.78 is 5.30. The molecule has 0 saturated heterocycles. The number of aromatic nitrogens is 3. The normalized spacial score (nSPS) is 11.2. The summed E-state index contributed by atoms with van der Waals surface area (Å²) in [7, 11) is 0. The summed E-state index contributed by atoms with van der Waals surface area (Å²) >= 11 is 0. The second-order valence-electron chi connectivity index (χ2n) is 6.47. The molecule has 0 aliphatic carbocycles. The van der Waals surface area contributed by atoms with Crippen LogP contribution >= 0.6 is 0 Å². The lowest BCUT2D eigenvalue weighted by Gasteiger charge is -2.05. The van der Waals surface area contributed by atoms with Crippen molar-refractivity contribution >= 4 is 10.9 Å². The van der Waals surface area contributed by atoms with Gasteiger partial charge in [-0.1, -0.05) is 34.5 Å². The molecule has 0 atom stereocenters. The lowest BCUT2D eigenvalue weighted by Crippen LogP contribution is -2.09. The fourth-order valence-corrected chi connectivity index (χ4v) is 3.00. The summed E-state index contributed by atoms with van der Waals surface area (Å²) in [6.45, 7) is 5.84. The Morgan fingerprint density at radius 2 is 1.77 bits per heavy atom. The van der Waals surface area contributed by atoms with Crippen LogP contribution in [0.3, 0.4) is 0 Å². The molecule has 6 nitrogen and oxygen atoms in total. The van der Waals surface area contributed by atoms with E-state index in [9.17, 15) is 9.90 Å². The van der Waals surface area contributed by atoms with E-state index in [1.54, 1.807) is 12.1 Å². The van der Waals surface area contributed by atoms with E-state index in [0.29, 0.717) is 16.7 Å². The van der Waals surface area contributed by atoms with Crippen molar-refractivity contribution in [3.8, 4) is 28.6 Å². The number of hydrogen-bond acceptors (Lipinski definition) is 5. The third-order valence-corrected chi connectivity index (χ3v) is 4.42. The molecule has 4 rings (SSSR count). The molecule has 0 aliphatic heterocycles. The third-order valence-electron chi connectivity index (χ3n) is 4.42. The molecule has 0 spiro atoms. The zero-order valence-electron chi connectivity index (χ0n) is 14.6. The predicted molar refractivity (Wildman–Crippen MR) is 99.2 cm³/mol. The molecule has 2 heterocycles. The standard InChI is InChI=1S/C20H17N3O3/c1-10-4-6-12(3)13(8-10)18-22-20(26-23-18)16-17(24)14-9-11(2)5-7-15(14)21-19(16)25/h4-9H,1-3H3,(H2,21,24,25). The lowest BCUT2D eigenvalue weighted by molar-refractivity contribution is 0.426. The highest BCUT2D eigenvalue weighted by molar-refractivity contribution is 5.90. The van der Waals surface area contributed by atoms with E-state index in [1.165, 1.54) is 0 Å². The molecule has 0 fully saturated rings. The average molecular weight is 347 g/mol. The van der Waals surface area contributed by atoms with Crippen LogP contribution in [0, 0.1) is 20.8 Å². The van der Waals surface area contributed by atoms with Crippen LogP contribution in [0.4, 0.5) is 0 Å². The maximum Gasteiger partial charge on any atom is 0.267 e. The molecule has 2 aromatic carbocycles. The van der Waals surface area contributed by atoms with Crippen molar-refractivity contribution in [2.75, 3.05) is 0 Å². The molecule has 4 aromatic rings. The minimum absolute atomic E-state index is 0.0111. The first kappa shape index (κ1) is 16.1. The van der Waals surface area contributed by atoms with Gasteiger partial charge in [0.15, 0.2) is 0 Å². The first-order chi connectivity index (χ1) is 12.4. The average Bonchev–Trinajstić information content (AvgIpc) is 3.07. The van der Waals surface area contributed by atoms with Crippen LogP contribution in [0.25, 0.3) is 33.7 Å². The Morgan fingerprint density at radius 1 is 1.04 bits per heavy atom. The summed E-state index contributed by atoms with van der Waals surface area (Å²) in [5.41, 5.74) is 3.91. The van der Waals surface area contributed by atoms with Crippen LogP contribution in [-0.4, -0.2) is 20.2 Å². The quantitative estimate of drug-likeness (QED) is 0.574. The van der Waals surface area contributed by atoms with Gasteiger partial charge in [-0.05, 0) is 44.5 Å². The van der Waals surface area contributed by atoms with Gasteiger partial charge in [0.1, 0.15) is 11.3 Å². The molecule has 0 unspecified atom stereocenters. The number of fused-ring (bicyclic) bond motifs is 1. The Kier molecular flexibility index (Phi) is 3.61. The minimum Gasteiger partial charge on any atom is -0.506 e. The van der Waals surface area contributed by atoms with Gasteiger partial charge in [-0.25, -0.2) is 0 Å². The topological polar surface area (TPSA) is 92.0 Å². The number of nitrogens with zero attached hydrogens (tertiary/aromatic N) is 2. The molecule has 6 heteroatoms. The molecule has 2 aromatic heterocycles. The summed E-state index contributed by atoms with van der Waals surface area (Å²) in [6.07, 6.45) is 0. The second-order valence-corrected chi connectivity index (χ2v) is 6.47. The van der Waals surface area contributed by atoms with Crippen LogP contribution in [0.5, 0.6) is 5.75 Å². The summed E-state index contributed by atoms with van der Waals surface area (Å²) in [5.74, 6) is 0.205. The van der Waals surface area contributed by atoms with E-state index in [1.807, 2.05) is 45.0 Å². The van der Waals surface area contributed by atoms with Crippen LogP contribution in [0.2, 0.25) is 0 Å². The second kappa shape index (κ2) is 5.84. The molecule has 26 heavy (non-hydrogen) atoms. The molecule has 0 amide bonds. The maximum atomic E-state index is 12.5. The fourth-order valence-electron chi connectivity index (χ4n) is 3.00. The van der Waals surface area contributed by atoms with Gasteiger partial charge < -0.3 is 14.6 Å². The fraction of sp³-hybridized carbons (Fsp3) is 0.150. The van der Waals surface area contributed by atoms with Crippen molar-refractivity contribution in [2.45, 2.75) is 20.8 Å². The van der Waals surface area contributed by atoms with Crippen molar-refractivity contribution in [3.63, 3.8) is 0 Å².